The van der Waals surface area contributed by atoms with Gasteiger partial charge < -0.3 is 10.6 Å². The lowest BCUT2D eigenvalue weighted by molar-refractivity contribution is -0.137. The summed E-state index contributed by atoms with van der Waals surface area (Å²) in [4.78, 5) is 29.8. The fourth-order valence-electron chi connectivity index (χ4n) is 3.97. The molecule has 0 atom stereocenters. The summed E-state index contributed by atoms with van der Waals surface area (Å²) in [7, 11) is 0. The van der Waals surface area contributed by atoms with Crippen LogP contribution in [0.5, 0.6) is 0 Å². The Labute approximate surface area is 220 Å². The molecule has 0 saturated heterocycles. The molecule has 1 aliphatic heterocycles. The topological polar surface area (TPSA) is 88.4 Å². The molecule has 2 amide bonds. The van der Waals surface area contributed by atoms with Crippen molar-refractivity contribution in [2.75, 3.05) is 10.6 Å². The zero-order chi connectivity index (χ0) is 26.9. The van der Waals surface area contributed by atoms with E-state index in [9.17, 15) is 22.8 Å². The molecule has 0 fully saturated rings. The maximum absolute atomic E-state index is 13.1. The van der Waals surface area contributed by atoms with E-state index in [1.807, 2.05) is 30.3 Å². The van der Waals surface area contributed by atoms with E-state index < -0.39 is 22.7 Å². The highest BCUT2D eigenvalue weighted by Gasteiger charge is 2.34. The van der Waals surface area contributed by atoms with Crippen LogP contribution in [0.3, 0.4) is 0 Å². The molecule has 1 aromatic heterocycles. The largest absolute Gasteiger partial charge is 0.417 e. The molecule has 192 valence electrons. The number of carbonyl (C=O) groups excluding carboxylic acids is 2. The second kappa shape index (κ2) is 10.1. The number of carbonyl (C=O) groups is 2. The molecule has 0 saturated carbocycles. The van der Waals surface area contributed by atoms with E-state index in [0.717, 1.165) is 11.6 Å². The van der Waals surface area contributed by atoms with Crippen molar-refractivity contribution < 1.29 is 22.8 Å². The van der Waals surface area contributed by atoms with Crippen LogP contribution >= 0.6 is 11.6 Å². The van der Waals surface area contributed by atoms with Crippen LogP contribution in [0.2, 0.25) is 5.02 Å². The SMILES string of the molecule is O=C1CC(c2ccc(NC(=O)c3ccc(Cl)c(C(F)(F)F)c3)cc2)=Nc2cnn(Cc3ccccc3)c2N1. The van der Waals surface area contributed by atoms with Crippen LogP contribution in [0.1, 0.15) is 33.5 Å². The monoisotopic (exact) mass is 537 g/mol. The normalized spacial score (nSPS) is 13.3. The lowest BCUT2D eigenvalue weighted by atomic mass is 10.1. The summed E-state index contributed by atoms with van der Waals surface area (Å²) >= 11 is 5.63. The van der Waals surface area contributed by atoms with Crippen molar-refractivity contribution in [2.45, 2.75) is 19.1 Å². The van der Waals surface area contributed by atoms with Crippen LogP contribution in [-0.2, 0) is 17.5 Å². The van der Waals surface area contributed by atoms with Gasteiger partial charge in [0.25, 0.3) is 5.91 Å². The summed E-state index contributed by atoms with van der Waals surface area (Å²) < 4.78 is 41.1. The number of rotatable bonds is 5. The lowest BCUT2D eigenvalue weighted by Gasteiger charge is -2.11. The number of alkyl halides is 3. The molecule has 2 N–H and O–H groups in total. The number of aliphatic imine (C=N–C) groups is 1. The van der Waals surface area contributed by atoms with Crippen molar-refractivity contribution >= 4 is 46.3 Å². The Morgan fingerprint density at radius 3 is 2.50 bits per heavy atom. The predicted molar refractivity (Wildman–Crippen MR) is 138 cm³/mol. The molecule has 7 nitrogen and oxygen atoms in total. The highest BCUT2D eigenvalue weighted by Crippen LogP contribution is 2.35. The number of nitrogens with one attached hydrogen (secondary N) is 2. The van der Waals surface area contributed by atoms with Gasteiger partial charge in [-0.05, 0) is 41.5 Å². The zero-order valence-corrected chi connectivity index (χ0v) is 20.3. The summed E-state index contributed by atoms with van der Waals surface area (Å²) in [5.41, 5.74) is 1.78. The van der Waals surface area contributed by atoms with E-state index in [-0.39, 0.29) is 17.9 Å². The Balaban J connectivity index is 1.34. The molecular weight excluding hydrogens is 519 g/mol. The van der Waals surface area contributed by atoms with Gasteiger partial charge in [0.1, 0.15) is 5.69 Å². The minimum atomic E-state index is -4.68. The molecule has 1 aliphatic rings. The number of hydrogen-bond donors (Lipinski definition) is 2. The summed E-state index contributed by atoms with van der Waals surface area (Å²) in [6.07, 6.45) is -3.07. The molecule has 0 radical (unpaired) electrons. The standard InChI is InChI=1S/C27H19ClF3N5O2/c28-21-11-8-18(12-20(21)27(29,30)31)26(38)33-19-9-6-17(7-10-19)22-13-24(37)35-25-23(34-22)14-32-36(25)15-16-4-2-1-3-5-16/h1-12,14H,13,15H2,(H,33,38)(H,35,37). The highest BCUT2D eigenvalue weighted by molar-refractivity contribution is 6.31. The Morgan fingerprint density at radius 2 is 1.79 bits per heavy atom. The molecule has 3 aromatic carbocycles. The number of hydrogen-bond acceptors (Lipinski definition) is 4. The Morgan fingerprint density at radius 1 is 1.05 bits per heavy atom. The second-order valence-electron chi connectivity index (χ2n) is 8.53. The van der Waals surface area contributed by atoms with Gasteiger partial charge in [0.05, 0.1) is 35.5 Å². The van der Waals surface area contributed by atoms with Crippen molar-refractivity contribution in [3.8, 4) is 0 Å². The molecule has 5 rings (SSSR count). The first-order valence-corrected chi connectivity index (χ1v) is 11.8. The van der Waals surface area contributed by atoms with E-state index in [2.05, 4.69) is 20.7 Å². The summed E-state index contributed by atoms with van der Waals surface area (Å²) in [5, 5.41) is 9.32. The summed E-state index contributed by atoms with van der Waals surface area (Å²) in [6.45, 7) is 0.466. The molecule has 38 heavy (non-hydrogen) atoms. The van der Waals surface area contributed by atoms with Crippen molar-refractivity contribution in [3.05, 3.63) is 106 Å². The average Bonchev–Trinajstić information content (AvgIpc) is 3.15. The third-order valence-electron chi connectivity index (χ3n) is 5.85. The third-order valence-corrected chi connectivity index (χ3v) is 6.18. The van der Waals surface area contributed by atoms with Gasteiger partial charge in [0, 0.05) is 11.3 Å². The molecule has 4 aromatic rings. The lowest BCUT2D eigenvalue weighted by Crippen LogP contribution is -2.18. The van der Waals surface area contributed by atoms with E-state index in [1.165, 1.54) is 6.07 Å². The van der Waals surface area contributed by atoms with Crippen LogP contribution in [0.15, 0.2) is 84.0 Å². The van der Waals surface area contributed by atoms with Crippen LogP contribution < -0.4 is 10.6 Å². The molecule has 11 heteroatoms. The average molecular weight is 538 g/mol. The molecule has 0 bridgehead atoms. The van der Waals surface area contributed by atoms with Gasteiger partial charge in [-0.3, -0.25) is 9.59 Å². The van der Waals surface area contributed by atoms with E-state index in [0.29, 0.717) is 41.1 Å². The molecule has 0 spiro atoms. The van der Waals surface area contributed by atoms with E-state index in [1.54, 1.807) is 35.1 Å². The third kappa shape index (κ3) is 5.45. The van der Waals surface area contributed by atoms with Crippen molar-refractivity contribution in [1.29, 1.82) is 0 Å². The van der Waals surface area contributed by atoms with E-state index >= 15 is 0 Å². The number of anilines is 2. The number of nitrogens with zero attached hydrogens (tertiary/aromatic N) is 3. The fraction of sp³-hybridized carbons (Fsp3) is 0.111. The Kier molecular flexibility index (Phi) is 6.73. The van der Waals surface area contributed by atoms with Gasteiger partial charge in [0.2, 0.25) is 5.91 Å². The van der Waals surface area contributed by atoms with Gasteiger partial charge in [-0.15, -0.1) is 0 Å². The van der Waals surface area contributed by atoms with Crippen molar-refractivity contribution in [1.82, 2.24) is 9.78 Å². The first-order chi connectivity index (χ1) is 18.2. The molecule has 2 heterocycles. The molecule has 0 unspecified atom stereocenters. The van der Waals surface area contributed by atoms with Gasteiger partial charge in [-0.2, -0.15) is 18.3 Å². The van der Waals surface area contributed by atoms with Crippen molar-refractivity contribution in [3.63, 3.8) is 0 Å². The number of amides is 2. The van der Waals surface area contributed by atoms with Gasteiger partial charge in [0.15, 0.2) is 5.82 Å². The predicted octanol–water partition coefficient (Wildman–Crippen LogP) is 6.32. The number of aromatic nitrogens is 2. The van der Waals surface area contributed by atoms with E-state index in [4.69, 9.17) is 11.6 Å². The first kappa shape index (κ1) is 25.2. The van der Waals surface area contributed by atoms with Crippen LogP contribution in [-0.4, -0.2) is 27.3 Å². The highest BCUT2D eigenvalue weighted by atomic mass is 35.5. The van der Waals surface area contributed by atoms with Crippen LogP contribution in [0.4, 0.5) is 30.4 Å². The minimum Gasteiger partial charge on any atom is -0.322 e. The minimum absolute atomic E-state index is 0.0245. The molecular formula is C27H19ClF3N5O2. The Bertz CT molecular complexity index is 1550. The smallest absolute Gasteiger partial charge is 0.322 e. The molecule has 0 aliphatic carbocycles. The fourth-order valence-corrected chi connectivity index (χ4v) is 4.20. The number of fused-ring (bicyclic) bond motifs is 1. The maximum atomic E-state index is 13.1. The first-order valence-electron chi connectivity index (χ1n) is 11.4. The van der Waals surface area contributed by atoms with Gasteiger partial charge in [-0.1, -0.05) is 54.1 Å². The summed E-state index contributed by atoms with van der Waals surface area (Å²) in [5.74, 6) is -0.474. The van der Waals surface area contributed by atoms with Gasteiger partial charge in [-0.25, -0.2) is 9.67 Å². The van der Waals surface area contributed by atoms with Crippen LogP contribution in [0.25, 0.3) is 0 Å². The van der Waals surface area contributed by atoms with Crippen LogP contribution in [0, 0.1) is 0 Å². The summed E-state index contributed by atoms with van der Waals surface area (Å²) in [6, 6.07) is 19.2. The maximum Gasteiger partial charge on any atom is 0.417 e. The number of benzene rings is 3. The number of halogens is 4. The second-order valence-corrected chi connectivity index (χ2v) is 8.94. The quantitative estimate of drug-likeness (QED) is 0.312. The van der Waals surface area contributed by atoms with Gasteiger partial charge >= 0.3 is 6.18 Å². The Hall–Kier alpha value is -4.44. The van der Waals surface area contributed by atoms with Crippen molar-refractivity contribution in [2.24, 2.45) is 4.99 Å². The zero-order valence-electron chi connectivity index (χ0n) is 19.6.